The summed E-state index contributed by atoms with van der Waals surface area (Å²) >= 11 is 0. The largest absolute Gasteiger partial charge is 0.375 e. The van der Waals surface area contributed by atoms with E-state index in [4.69, 9.17) is 5.41 Å². The third-order valence-electron chi connectivity index (χ3n) is 8.17. The molecule has 13 heteroatoms. The van der Waals surface area contributed by atoms with Gasteiger partial charge in [-0.3, -0.25) is 9.48 Å². The van der Waals surface area contributed by atoms with Crippen LogP contribution < -0.4 is 16.0 Å². The number of nitrogens with zero attached hydrogens (tertiary/aromatic N) is 5. The molecule has 3 fully saturated rings. The van der Waals surface area contributed by atoms with Gasteiger partial charge in [0.25, 0.3) is 0 Å². The van der Waals surface area contributed by atoms with Gasteiger partial charge in [0.15, 0.2) is 5.84 Å². The monoisotopic (exact) mass is 600 g/mol. The number of rotatable bonds is 8. The molecule has 2 unspecified atom stereocenters. The van der Waals surface area contributed by atoms with Crippen LogP contribution in [0.2, 0.25) is 0 Å². The average Bonchev–Trinajstić information content (AvgIpc) is 3.65. The zero-order valence-electron chi connectivity index (χ0n) is 25.6. The predicted molar refractivity (Wildman–Crippen MR) is 165 cm³/mol. The first-order chi connectivity index (χ1) is 20.6. The van der Waals surface area contributed by atoms with E-state index in [1.54, 1.807) is 19.3 Å². The van der Waals surface area contributed by atoms with Gasteiger partial charge in [-0.1, -0.05) is 6.58 Å². The van der Waals surface area contributed by atoms with Crippen LogP contribution in [0.5, 0.6) is 0 Å². The molecular formula is C30H46F2N10O. The number of piperazine rings is 1. The second-order valence-corrected chi connectivity index (χ2v) is 11.7. The molecule has 236 valence electrons. The number of amides is 1. The van der Waals surface area contributed by atoms with Crippen molar-refractivity contribution in [1.29, 1.82) is 5.41 Å². The first-order valence-corrected chi connectivity index (χ1v) is 15.4. The van der Waals surface area contributed by atoms with Gasteiger partial charge in [0, 0.05) is 64.2 Å². The average molecular weight is 601 g/mol. The lowest BCUT2D eigenvalue weighted by molar-refractivity contribution is -0.122. The standard InChI is InChI=1S/C25H37F2N9.C5H9NO/c1-5-36-21(8-11-31-36)18(4)32-22(19-6-9-25(26,27)10-7-19)20-14-30-24(33-20)34-23(17(3)28)35-13-12-29-16(2)15-35;7-5-3-1-2-4-6-5/h8,11,14,16,19,22,28-29,32H,4-7,9-10,12-13,15H2,1-3H3,(H,30,33);1-4H2,(H,6,7)/b28-17?,34-23+;. The molecule has 11 nitrogen and oxygen atoms in total. The predicted octanol–water partition coefficient (Wildman–Crippen LogP) is 4.40. The summed E-state index contributed by atoms with van der Waals surface area (Å²) < 4.78 is 29.7. The Labute approximate surface area is 252 Å². The van der Waals surface area contributed by atoms with E-state index >= 15 is 0 Å². The number of halogens is 2. The molecule has 2 aliphatic heterocycles. The molecule has 0 radical (unpaired) electrons. The molecule has 1 amide bonds. The van der Waals surface area contributed by atoms with Gasteiger partial charge in [-0.15, -0.1) is 0 Å². The Morgan fingerprint density at radius 1 is 1.30 bits per heavy atom. The van der Waals surface area contributed by atoms with Crippen LogP contribution in [0.15, 0.2) is 30.0 Å². The number of aryl methyl sites for hydroxylation is 1. The van der Waals surface area contributed by atoms with E-state index in [9.17, 15) is 13.6 Å². The molecule has 0 aromatic carbocycles. The van der Waals surface area contributed by atoms with E-state index in [0.717, 1.165) is 56.8 Å². The molecule has 2 atom stereocenters. The highest BCUT2D eigenvalue weighted by Gasteiger charge is 2.39. The molecule has 2 aromatic heterocycles. The minimum Gasteiger partial charge on any atom is -0.375 e. The summed E-state index contributed by atoms with van der Waals surface area (Å²) in [6.45, 7) is 14.0. The highest BCUT2D eigenvalue weighted by Crippen LogP contribution is 2.42. The van der Waals surface area contributed by atoms with Gasteiger partial charge in [0.05, 0.1) is 35.0 Å². The van der Waals surface area contributed by atoms with Crippen molar-refractivity contribution in [2.45, 2.75) is 90.3 Å². The Bertz CT molecular complexity index is 1270. The molecule has 5 rings (SSSR count). The quantitative estimate of drug-likeness (QED) is 0.225. The maximum atomic E-state index is 13.9. The number of nitrogens with one attached hydrogen (secondary N) is 5. The number of piperidine rings is 1. The molecule has 3 aliphatic rings. The van der Waals surface area contributed by atoms with Crippen molar-refractivity contribution in [3.8, 4) is 0 Å². The number of alkyl halides is 2. The van der Waals surface area contributed by atoms with Crippen molar-refractivity contribution in [2.75, 3.05) is 26.2 Å². The zero-order valence-corrected chi connectivity index (χ0v) is 25.6. The number of hydrogen-bond donors (Lipinski definition) is 5. The van der Waals surface area contributed by atoms with E-state index < -0.39 is 5.92 Å². The fourth-order valence-electron chi connectivity index (χ4n) is 5.83. The Morgan fingerprint density at radius 3 is 2.67 bits per heavy atom. The number of imidazole rings is 1. The number of carbonyl (C=O) groups is 1. The van der Waals surface area contributed by atoms with E-state index in [1.165, 1.54) is 0 Å². The second kappa shape index (κ2) is 14.7. The Hall–Kier alpha value is -3.61. The third kappa shape index (κ3) is 8.94. The number of H-pyrrole nitrogens is 1. The smallest absolute Gasteiger partial charge is 0.248 e. The maximum Gasteiger partial charge on any atom is 0.248 e. The van der Waals surface area contributed by atoms with Crippen LogP contribution in [0.25, 0.3) is 5.70 Å². The summed E-state index contributed by atoms with van der Waals surface area (Å²) in [6, 6.07) is 1.91. The van der Waals surface area contributed by atoms with Crippen LogP contribution in [-0.2, 0) is 11.3 Å². The number of aromatic amines is 1. The first kappa shape index (κ1) is 32.3. The van der Waals surface area contributed by atoms with Crippen molar-refractivity contribution < 1.29 is 13.6 Å². The molecule has 1 saturated carbocycles. The SMILES string of the molecule is C=C(NC(c1cnc(/N=C(\C(C)=N)N2CCNC(C)C2)[nH]1)C1CCC(F)(F)CC1)c1ccnn1CC.O=C1CCCCN1. The Morgan fingerprint density at radius 2 is 2.07 bits per heavy atom. The molecule has 1 aliphatic carbocycles. The number of hydrogen-bond acceptors (Lipinski definition) is 7. The van der Waals surface area contributed by atoms with Gasteiger partial charge in [-0.25, -0.2) is 13.8 Å². The van der Waals surface area contributed by atoms with Crippen LogP contribution in [0.4, 0.5) is 14.7 Å². The summed E-state index contributed by atoms with van der Waals surface area (Å²) in [5, 5.41) is 22.2. The lowest BCUT2D eigenvalue weighted by Gasteiger charge is -2.34. The summed E-state index contributed by atoms with van der Waals surface area (Å²) in [5.41, 5.74) is 2.67. The minimum atomic E-state index is -2.61. The number of carbonyl (C=O) groups excluding carboxylic acids is 1. The van der Waals surface area contributed by atoms with Gasteiger partial charge in [0.2, 0.25) is 17.8 Å². The minimum absolute atomic E-state index is 0.0189. The van der Waals surface area contributed by atoms with Crippen LogP contribution in [0.3, 0.4) is 0 Å². The fraction of sp³-hybridized carbons (Fsp3) is 0.633. The molecular weight excluding hydrogens is 554 g/mol. The summed E-state index contributed by atoms with van der Waals surface area (Å²) in [5.74, 6) is -1.43. The molecule has 43 heavy (non-hydrogen) atoms. The van der Waals surface area contributed by atoms with Crippen molar-refractivity contribution in [1.82, 2.24) is 40.6 Å². The van der Waals surface area contributed by atoms with Gasteiger partial charge in [-0.2, -0.15) is 10.1 Å². The second-order valence-electron chi connectivity index (χ2n) is 11.7. The van der Waals surface area contributed by atoms with Crippen molar-refractivity contribution >= 4 is 29.1 Å². The van der Waals surface area contributed by atoms with Gasteiger partial charge >= 0.3 is 0 Å². The van der Waals surface area contributed by atoms with Gasteiger partial charge in [-0.05, 0) is 58.4 Å². The van der Waals surface area contributed by atoms with Crippen LogP contribution in [0.1, 0.15) is 83.1 Å². The summed E-state index contributed by atoms with van der Waals surface area (Å²) in [4.78, 5) is 24.9. The van der Waals surface area contributed by atoms with E-state index in [2.05, 4.69) is 54.4 Å². The normalized spacial score (nSPS) is 21.8. The Kier molecular flexibility index (Phi) is 11.1. The van der Waals surface area contributed by atoms with Crippen LogP contribution >= 0.6 is 0 Å². The van der Waals surface area contributed by atoms with E-state index in [0.29, 0.717) is 48.6 Å². The maximum absolute atomic E-state index is 13.9. The molecule has 5 N–H and O–H groups in total. The molecule has 0 bridgehead atoms. The number of aromatic nitrogens is 4. The van der Waals surface area contributed by atoms with Crippen LogP contribution in [-0.4, -0.2) is 80.2 Å². The third-order valence-corrected chi connectivity index (χ3v) is 8.17. The number of aliphatic imine (C=N–C) groups is 1. The highest BCUT2D eigenvalue weighted by atomic mass is 19.3. The molecule has 4 heterocycles. The summed E-state index contributed by atoms with van der Waals surface area (Å²) in [6.07, 6.45) is 6.93. The van der Waals surface area contributed by atoms with E-state index in [1.807, 2.05) is 17.7 Å². The summed E-state index contributed by atoms with van der Waals surface area (Å²) in [7, 11) is 0. The van der Waals surface area contributed by atoms with Crippen molar-refractivity contribution in [2.24, 2.45) is 10.9 Å². The zero-order chi connectivity index (χ0) is 31.0. The van der Waals surface area contributed by atoms with Crippen LogP contribution in [0, 0.1) is 11.3 Å². The van der Waals surface area contributed by atoms with E-state index in [-0.39, 0.29) is 30.7 Å². The topological polar surface area (TPSA) is 139 Å². The van der Waals surface area contributed by atoms with Gasteiger partial charge < -0.3 is 31.2 Å². The highest BCUT2D eigenvalue weighted by molar-refractivity contribution is 6.39. The van der Waals surface area contributed by atoms with Crippen molar-refractivity contribution in [3.05, 3.63) is 36.4 Å². The fourth-order valence-corrected chi connectivity index (χ4v) is 5.83. The number of amidine groups is 1. The molecule has 0 spiro atoms. The Balaban J connectivity index is 0.000000530. The lowest BCUT2D eigenvalue weighted by atomic mass is 9.81. The molecule has 2 aromatic rings. The van der Waals surface area contributed by atoms with Crippen molar-refractivity contribution in [3.63, 3.8) is 0 Å². The van der Waals surface area contributed by atoms with Gasteiger partial charge in [0.1, 0.15) is 0 Å². The lowest BCUT2D eigenvalue weighted by Crippen LogP contribution is -2.52. The molecule has 2 saturated heterocycles. The first-order valence-electron chi connectivity index (χ1n) is 15.4.